The zero-order valence-electron chi connectivity index (χ0n) is 17.0. The van der Waals surface area contributed by atoms with Gasteiger partial charge in [0.2, 0.25) is 17.7 Å². The minimum absolute atomic E-state index is 0.214. The van der Waals surface area contributed by atoms with Gasteiger partial charge in [-0.2, -0.15) is 0 Å². The second-order valence-electron chi connectivity index (χ2n) is 7.75. The molecule has 4 atom stereocenters. The lowest BCUT2D eigenvalue weighted by Crippen LogP contribution is -2.55. The predicted octanol–water partition coefficient (Wildman–Crippen LogP) is -1.07. The normalized spacial score (nSPS) is 23.4. The van der Waals surface area contributed by atoms with Crippen molar-refractivity contribution in [2.24, 2.45) is 5.73 Å². The molecule has 2 heterocycles. The SMILES string of the molecule is C[C@H](NC(=O)[C@@H]1CCCN1)C(=O)N1CCC[C@H]1C(=O)N[C@@H](CCCCN)C(=O)O. The van der Waals surface area contributed by atoms with Crippen LogP contribution < -0.4 is 21.7 Å². The average Bonchev–Trinajstić information content (AvgIpc) is 3.38. The van der Waals surface area contributed by atoms with Crippen molar-refractivity contribution in [2.75, 3.05) is 19.6 Å². The van der Waals surface area contributed by atoms with Crippen molar-refractivity contribution in [3.63, 3.8) is 0 Å². The molecule has 2 aliphatic rings. The molecule has 0 unspecified atom stereocenters. The molecule has 10 heteroatoms. The zero-order valence-corrected chi connectivity index (χ0v) is 17.0. The largest absolute Gasteiger partial charge is 0.480 e. The van der Waals surface area contributed by atoms with E-state index in [0.717, 1.165) is 19.4 Å². The van der Waals surface area contributed by atoms with E-state index in [1.807, 2.05) is 0 Å². The lowest BCUT2D eigenvalue weighted by molar-refractivity contribution is -0.145. The van der Waals surface area contributed by atoms with E-state index in [-0.39, 0.29) is 17.9 Å². The summed E-state index contributed by atoms with van der Waals surface area (Å²) in [6, 6.07) is -2.76. The van der Waals surface area contributed by atoms with Crippen molar-refractivity contribution in [3.8, 4) is 0 Å². The van der Waals surface area contributed by atoms with Gasteiger partial charge in [0.25, 0.3) is 0 Å². The number of nitrogens with zero attached hydrogens (tertiary/aromatic N) is 1. The molecule has 2 aliphatic heterocycles. The summed E-state index contributed by atoms with van der Waals surface area (Å²) >= 11 is 0. The van der Waals surface area contributed by atoms with E-state index in [4.69, 9.17) is 5.73 Å². The highest BCUT2D eigenvalue weighted by Gasteiger charge is 2.38. The van der Waals surface area contributed by atoms with E-state index in [1.165, 1.54) is 4.90 Å². The number of carboxylic acids is 1. The quantitative estimate of drug-likeness (QED) is 0.287. The number of hydrogen-bond donors (Lipinski definition) is 5. The molecule has 164 valence electrons. The zero-order chi connectivity index (χ0) is 21.4. The Morgan fingerprint density at radius 2 is 1.90 bits per heavy atom. The summed E-state index contributed by atoms with van der Waals surface area (Å²) in [6.45, 7) is 3.26. The molecule has 0 bridgehead atoms. The standard InChI is InChI=1S/C19H33N5O5/c1-12(22-16(25)13-7-4-10-21-13)18(27)24-11-5-8-15(24)17(26)23-14(19(28)29)6-2-3-9-20/h12-15,21H,2-11,20H2,1H3,(H,22,25)(H,23,26)(H,28,29)/t12-,13-,14-,15-/m0/s1. The maximum Gasteiger partial charge on any atom is 0.326 e. The molecular weight excluding hydrogens is 378 g/mol. The number of amides is 3. The number of hydrogen-bond acceptors (Lipinski definition) is 6. The minimum atomic E-state index is -1.10. The Balaban J connectivity index is 1.92. The van der Waals surface area contributed by atoms with Crippen LogP contribution in [0.5, 0.6) is 0 Å². The van der Waals surface area contributed by atoms with Crippen LogP contribution in [-0.2, 0) is 19.2 Å². The highest BCUT2D eigenvalue weighted by molar-refractivity contribution is 5.94. The van der Waals surface area contributed by atoms with Gasteiger partial charge < -0.3 is 31.7 Å². The van der Waals surface area contributed by atoms with E-state index >= 15 is 0 Å². The fraction of sp³-hybridized carbons (Fsp3) is 0.789. The van der Waals surface area contributed by atoms with Gasteiger partial charge in [-0.05, 0) is 65.0 Å². The van der Waals surface area contributed by atoms with Crippen molar-refractivity contribution in [2.45, 2.75) is 76.0 Å². The molecule has 0 aromatic heterocycles. The fourth-order valence-corrected chi connectivity index (χ4v) is 3.85. The Labute approximate surface area is 170 Å². The molecule has 0 radical (unpaired) electrons. The molecule has 0 aromatic rings. The maximum absolute atomic E-state index is 12.8. The third-order valence-corrected chi connectivity index (χ3v) is 5.51. The van der Waals surface area contributed by atoms with Gasteiger partial charge in [0.15, 0.2) is 0 Å². The highest BCUT2D eigenvalue weighted by atomic mass is 16.4. The molecular formula is C19H33N5O5. The first-order valence-electron chi connectivity index (χ1n) is 10.4. The maximum atomic E-state index is 12.8. The summed E-state index contributed by atoms with van der Waals surface area (Å²) in [5, 5.41) is 17.7. The second kappa shape index (κ2) is 11.1. The Hall–Kier alpha value is -2.20. The van der Waals surface area contributed by atoms with Gasteiger partial charge in [0.1, 0.15) is 18.1 Å². The third kappa shape index (κ3) is 6.40. The first-order valence-corrected chi connectivity index (χ1v) is 10.4. The van der Waals surface area contributed by atoms with Crippen LogP contribution in [0.4, 0.5) is 0 Å². The summed E-state index contributed by atoms with van der Waals surface area (Å²) in [6.07, 6.45) is 4.35. The summed E-state index contributed by atoms with van der Waals surface area (Å²) < 4.78 is 0. The van der Waals surface area contributed by atoms with Gasteiger partial charge in [-0.15, -0.1) is 0 Å². The Morgan fingerprint density at radius 1 is 1.14 bits per heavy atom. The number of carbonyl (C=O) groups is 4. The van der Waals surface area contributed by atoms with Crippen LogP contribution in [0.2, 0.25) is 0 Å². The average molecular weight is 412 g/mol. The van der Waals surface area contributed by atoms with Crippen LogP contribution in [0.15, 0.2) is 0 Å². The van der Waals surface area contributed by atoms with Gasteiger partial charge >= 0.3 is 5.97 Å². The fourth-order valence-electron chi connectivity index (χ4n) is 3.85. The van der Waals surface area contributed by atoms with Crippen molar-refractivity contribution < 1.29 is 24.3 Å². The molecule has 2 fully saturated rings. The molecule has 2 saturated heterocycles. The number of rotatable bonds is 10. The monoisotopic (exact) mass is 411 g/mol. The van der Waals surface area contributed by atoms with Gasteiger partial charge in [0.05, 0.1) is 6.04 Å². The summed E-state index contributed by atoms with van der Waals surface area (Å²) in [7, 11) is 0. The van der Waals surface area contributed by atoms with E-state index in [0.29, 0.717) is 45.2 Å². The van der Waals surface area contributed by atoms with Crippen LogP contribution >= 0.6 is 0 Å². The lowest BCUT2D eigenvalue weighted by atomic mass is 10.1. The molecule has 6 N–H and O–H groups in total. The second-order valence-corrected chi connectivity index (χ2v) is 7.75. The van der Waals surface area contributed by atoms with E-state index in [9.17, 15) is 24.3 Å². The Kier molecular flexibility index (Phi) is 8.84. The van der Waals surface area contributed by atoms with Gasteiger partial charge in [-0.3, -0.25) is 14.4 Å². The number of carboxylic acid groups (broad SMARTS) is 1. The van der Waals surface area contributed by atoms with E-state index < -0.39 is 30.0 Å². The molecule has 0 spiro atoms. The van der Waals surface area contributed by atoms with Gasteiger partial charge in [0, 0.05) is 6.54 Å². The molecule has 0 aliphatic carbocycles. The van der Waals surface area contributed by atoms with E-state index in [1.54, 1.807) is 6.92 Å². The number of likely N-dealkylation sites (tertiary alicyclic amines) is 1. The number of aliphatic carboxylic acids is 1. The first kappa shape index (κ1) is 23.1. The molecule has 29 heavy (non-hydrogen) atoms. The van der Waals surface area contributed by atoms with E-state index in [2.05, 4.69) is 16.0 Å². The number of unbranched alkanes of at least 4 members (excludes halogenated alkanes) is 1. The van der Waals surface area contributed by atoms with Crippen LogP contribution in [0.3, 0.4) is 0 Å². The van der Waals surface area contributed by atoms with Crippen LogP contribution in [0.25, 0.3) is 0 Å². The Morgan fingerprint density at radius 3 is 2.52 bits per heavy atom. The van der Waals surface area contributed by atoms with Gasteiger partial charge in [-0.25, -0.2) is 4.79 Å². The summed E-state index contributed by atoms with van der Waals surface area (Å²) in [5.41, 5.74) is 5.43. The van der Waals surface area contributed by atoms with Crippen LogP contribution in [0, 0.1) is 0 Å². The Bertz CT molecular complexity index is 608. The van der Waals surface area contributed by atoms with Crippen LogP contribution in [-0.4, -0.2) is 77.5 Å². The highest BCUT2D eigenvalue weighted by Crippen LogP contribution is 2.19. The molecule has 0 saturated carbocycles. The van der Waals surface area contributed by atoms with Crippen molar-refractivity contribution in [3.05, 3.63) is 0 Å². The number of carbonyl (C=O) groups excluding carboxylic acids is 3. The van der Waals surface area contributed by atoms with Crippen molar-refractivity contribution in [1.82, 2.24) is 20.9 Å². The summed E-state index contributed by atoms with van der Waals surface area (Å²) in [5.74, 6) is -2.11. The van der Waals surface area contributed by atoms with Crippen molar-refractivity contribution in [1.29, 1.82) is 0 Å². The smallest absolute Gasteiger partial charge is 0.326 e. The lowest BCUT2D eigenvalue weighted by Gasteiger charge is -2.28. The van der Waals surface area contributed by atoms with Crippen LogP contribution in [0.1, 0.15) is 51.9 Å². The topological polar surface area (TPSA) is 154 Å². The van der Waals surface area contributed by atoms with Crippen molar-refractivity contribution >= 4 is 23.7 Å². The summed E-state index contributed by atoms with van der Waals surface area (Å²) in [4.78, 5) is 50.6. The number of nitrogens with two attached hydrogens (primary N) is 1. The molecule has 0 aromatic carbocycles. The minimum Gasteiger partial charge on any atom is -0.480 e. The van der Waals surface area contributed by atoms with Gasteiger partial charge in [-0.1, -0.05) is 0 Å². The molecule has 10 nitrogen and oxygen atoms in total. The predicted molar refractivity (Wildman–Crippen MR) is 106 cm³/mol. The first-order chi connectivity index (χ1) is 13.8. The number of nitrogens with one attached hydrogen (secondary N) is 3. The third-order valence-electron chi connectivity index (χ3n) is 5.51. The molecule has 2 rings (SSSR count). The molecule has 3 amide bonds.